The molecule has 1 aromatic heterocycles. The number of hydrogen-bond acceptors (Lipinski definition) is 6. The monoisotopic (exact) mass is 467 g/mol. The van der Waals surface area contributed by atoms with Crippen molar-refractivity contribution in [2.24, 2.45) is 5.92 Å². The van der Waals surface area contributed by atoms with Gasteiger partial charge >= 0.3 is 6.03 Å². The predicted molar refractivity (Wildman–Crippen MR) is 132 cm³/mol. The SMILES string of the molecule is CCC(C)C(NC(=O)Nc1ccc(C)cc1C)C(=O)Nc1nnc(-c2cccc(OC)c2)s1. The number of benzene rings is 2. The first-order valence-electron chi connectivity index (χ1n) is 10.7. The zero-order chi connectivity index (χ0) is 24.0. The number of anilines is 2. The quantitative estimate of drug-likeness (QED) is 0.432. The summed E-state index contributed by atoms with van der Waals surface area (Å²) >= 11 is 1.26. The summed E-state index contributed by atoms with van der Waals surface area (Å²) < 4.78 is 5.25. The Balaban J connectivity index is 1.69. The molecule has 33 heavy (non-hydrogen) atoms. The molecular weight excluding hydrogens is 438 g/mol. The van der Waals surface area contributed by atoms with Gasteiger partial charge in [-0.1, -0.05) is 61.4 Å². The van der Waals surface area contributed by atoms with Crippen molar-refractivity contribution in [3.8, 4) is 16.3 Å². The number of amides is 3. The molecule has 3 N–H and O–H groups in total. The van der Waals surface area contributed by atoms with E-state index in [4.69, 9.17) is 4.74 Å². The van der Waals surface area contributed by atoms with E-state index in [1.54, 1.807) is 7.11 Å². The van der Waals surface area contributed by atoms with Crippen LogP contribution in [0.5, 0.6) is 5.75 Å². The molecule has 8 nitrogen and oxygen atoms in total. The fourth-order valence-corrected chi connectivity index (χ4v) is 4.03. The zero-order valence-electron chi connectivity index (χ0n) is 19.4. The fraction of sp³-hybridized carbons (Fsp3) is 0.333. The molecule has 2 atom stereocenters. The Morgan fingerprint density at radius 3 is 2.58 bits per heavy atom. The van der Waals surface area contributed by atoms with E-state index in [2.05, 4.69) is 26.1 Å². The number of nitrogens with one attached hydrogen (secondary N) is 3. The Kier molecular flexibility index (Phi) is 8.00. The summed E-state index contributed by atoms with van der Waals surface area (Å²) in [5, 5.41) is 17.7. The number of aryl methyl sites for hydroxylation is 2. The molecule has 1 heterocycles. The number of rotatable bonds is 8. The van der Waals surface area contributed by atoms with Crippen LogP contribution in [0.4, 0.5) is 15.6 Å². The van der Waals surface area contributed by atoms with Crippen molar-refractivity contribution in [1.82, 2.24) is 15.5 Å². The molecule has 2 unspecified atom stereocenters. The average molecular weight is 468 g/mol. The second-order valence-electron chi connectivity index (χ2n) is 7.91. The van der Waals surface area contributed by atoms with Crippen LogP contribution in [0.2, 0.25) is 0 Å². The Hall–Kier alpha value is -3.46. The highest BCUT2D eigenvalue weighted by Gasteiger charge is 2.27. The number of aromatic nitrogens is 2. The summed E-state index contributed by atoms with van der Waals surface area (Å²) in [5.41, 5.74) is 3.61. The van der Waals surface area contributed by atoms with Crippen LogP contribution in [0.25, 0.3) is 10.6 Å². The number of carbonyl (C=O) groups excluding carboxylic acids is 2. The van der Waals surface area contributed by atoms with Gasteiger partial charge in [0.2, 0.25) is 11.0 Å². The smallest absolute Gasteiger partial charge is 0.319 e. The second-order valence-corrected chi connectivity index (χ2v) is 8.89. The van der Waals surface area contributed by atoms with Crippen LogP contribution in [0, 0.1) is 19.8 Å². The summed E-state index contributed by atoms with van der Waals surface area (Å²) in [4.78, 5) is 25.7. The lowest BCUT2D eigenvalue weighted by atomic mass is 9.98. The first-order valence-corrected chi connectivity index (χ1v) is 11.6. The van der Waals surface area contributed by atoms with Crippen molar-refractivity contribution in [2.45, 2.75) is 40.2 Å². The summed E-state index contributed by atoms with van der Waals surface area (Å²) in [6.45, 7) is 7.81. The largest absolute Gasteiger partial charge is 0.497 e. The second kappa shape index (κ2) is 10.9. The number of carbonyl (C=O) groups is 2. The van der Waals surface area contributed by atoms with Gasteiger partial charge in [0.1, 0.15) is 16.8 Å². The molecule has 9 heteroatoms. The topological polar surface area (TPSA) is 105 Å². The fourth-order valence-electron chi connectivity index (χ4n) is 3.29. The normalized spacial score (nSPS) is 12.5. The van der Waals surface area contributed by atoms with Gasteiger partial charge in [0, 0.05) is 11.3 Å². The van der Waals surface area contributed by atoms with E-state index in [1.165, 1.54) is 11.3 Å². The van der Waals surface area contributed by atoms with Gasteiger partial charge in [-0.25, -0.2) is 4.79 Å². The van der Waals surface area contributed by atoms with Gasteiger partial charge in [0.15, 0.2) is 0 Å². The van der Waals surface area contributed by atoms with Crippen LogP contribution in [0.15, 0.2) is 42.5 Å². The molecule has 3 aromatic rings. The molecular formula is C24H29N5O3S. The molecule has 3 rings (SSSR count). The van der Waals surface area contributed by atoms with Gasteiger partial charge in [-0.3, -0.25) is 10.1 Å². The first kappa shape index (κ1) is 24.2. The van der Waals surface area contributed by atoms with Crippen LogP contribution in [0.3, 0.4) is 0 Å². The lowest BCUT2D eigenvalue weighted by Gasteiger charge is -2.23. The van der Waals surface area contributed by atoms with Gasteiger partial charge in [0.25, 0.3) is 0 Å². The summed E-state index contributed by atoms with van der Waals surface area (Å²) in [6, 6.07) is 12.1. The molecule has 2 aromatic carbocycles. The number of ether oxygens (including phenoxy) is 1. The van der Waals surface area contributed by atoms with Crippen LogP contribution in [0.1, 0.15) is 31.4 Å². The molecule has 0 aliphatic carbocycles. The highest BCUT2D eigenvalue weighted by atomic mass is 32.1. The standard InChI is InChI=1S/C24H29N5O3S/c1-6-15(3)20(26-23(31)25-19-11-10-14(2)12-16(19)4)21(30)27-24-29-28-22(33-24)17-8-7-9-18(13-17)32-5/h7-13,15,20H,6H2,1-5H3,(H2,25,26,31)(H,27,29,30). The predicted octanol–water partition coefficient (Wildman–Crippen LogP) is 5.01. The highest BCUT2D eigenvalue weighted by molar-refractivity contribution is 7.18. The Bertz CT molecular complexity index is 1130. The maximum atomic E-state index is 13.0. The average Bonchev–Trinajstić information content (AvgIpc) is 3.27. The minimum absolute atomic E-state index is 0.0827. The van der Waals surface area contributed by atoms with E-state index in [9.17, 15) is 9.59 Å². The van der Waals surface area contributed by atoms with Crippen molar-refractivity contribution in [2.75, 3.05) is 17.7 Å². The van der Waals surface area contributed by atoms with Gasteiger partial charge in [-0.2, -0.15) is 0 Å². The molecule has 0 saturated carbocycles. The number of urea groups is 1. The van der Waals surface area contributed by atoms with Gasteiger partial charge in [-0.05, 0) is 43.5 Å². The minimum Gasteiger partial charge on any atom is -0.497 e. The third-order valence-corrected chi connectivity index (χ3v) is 6.27. The first-order chi connectivity index (χ1) is 15.8. The molecule has 0 fully saturated rings. The Labute approximate surface area is 197 Å². The molecule has 0 aliphatic heterocycles. The zero-order valence-corrected chi connectivity index (χ0v) is 20.2. The minimum atomic E-state index is -0.732. The lowest BCUT2D eigenvalue weighted by molar-refractivity contribution is -0.119. The van der Waals surface area contributed by atoms with E-state index >= 15 is 0 Å². The maximum Gasteiger partial charge on any atom is 0.319 e. The van der Waals surface area contributed by atoms with Crippen LogP contribution >= 0.6 is 11.3 Å². The van der Waals surface area contributed by atoms with Crippen LogP contribution < -0.4 is 20.7 Å². The van der Waals surface area contributed by atoms with Crippen LogP contribution in [-0.2, 0) is 4.79 Å². The van der Waals surface area contributed by atoms with Crippen molar-refractivity contribution in [3.63, 3.8) is 0 Å². The molecule has 174 valence electrons. The summed E-state index contributed by atoms with van der Waals surface area (Å²) in [6.07, 6.45) is 0.715. The summed E-state index contributed by atoms with van der Waals surface area (Å²) in [5.74, 6) is 0.290. The number of nitrogens with zero attached hydrogens (tertiary/aromatic N) is 2. The van der Waals surface area contributed by atoms with Crippen molar-refractivity contribution < 1.29 is 14.3 Å². The van der Waals surface area contributed by atoms with E-state index in [1.807, 2.05) is 70.2 Å². The molecule has 0 radical (unpaired) electrons. The van der Waals surface area contributed by atoms with E-state index in [-0.39, 0.29) is 11.8 Å². The molecule has 0 bridgehead atoms. The van der Waals surface area contributed by atoms with Crippen molar-refractivity contribution in [1.29, 1.82) is 0 Å². The number of hydrogen-bond donors (Lipinski definition) is 3. The van der Waals surface area contributed by atoms with Gasteiger partial charge in [-0.15, -0.1) is 10.2 Å². The van der Waals surface area contributed by atoms with Gasteiger partial charge in [0.05, 0.1) is 7.11 Å². The molecule has 0 saturated heterocycles. The molecule has 3 amide bonds. The Morgan fingerprint density at radius 2 is 1.88 bits per heavy atom. The van der Waals surface area contributed by atoms with E-state index in [0.717, 1.165) is 16.7 Å². The third kappa shape index (κ3) is 6.29. The van der Waals surface area contributed by atoms with Crippen molar-refractivity contribution in [3.05, 3.63) is 53.6 Å². The van der Waals surface area contributed by atoms with Crippen LogP contribution in [-0.4, -0.2) is 35.3 Å². The summed E-state index contributed by atoms with van der Waals surface area (Å²) in [7, 11) is 1.60. The Morgan fingerprint density at radius 1 is 1.09 bits per heavy atom. The van der Waals surface area contributed by atoms with E-state index in [0.29, 0.717) is 28.0 Å². The maximum absolute atomic E-state index is 13.0. The molecule has 0 spiro atoms. The van der Waals surface area contributed by atoms with Crippen molar-refractivity contribution >= 4 is 34.1 Å². The van der Waals surface area contributed by atoms with Gasteiger partial charge < -0.3 is 15.4 Å². The number of methoxy groups -OCH3 is 1. The van der Waals surface area contributed by atoms with E-state index < -0.39 is 12.1 Å². The third-order valence-electron chi connectivity index (χ3n) is 5.38. The molecule has 0 aliphatic rings. The lowest BCUT2D eigenvalue weighted by Crippen LogP contribution is -2.49. The highest BCUT2D eigenvalue weighted by Crippen LogP contribution is 2.29.